The second-order valence-corrected chi connectivity index (χ2v) is 6.49. The molecule has 0 saturated heterocycles. The van der Waals surface area contributed by atoms with Crippen molar-refractivity contribution in [1.29, 1.82) is 0 Å². The van der Waals surface area contributed by atoms with Gasteiger partial charge in [-0.15, -0.1) is 0 Å². The number of rotatable bonds is 7. The topological polar surface area (TPSA) is 84.5 Å². The molecule has 0 radical (unpaired) electrons. The summed E-state index contributed by atoms with van der Waals surface area (Å²) in [5, 5.41) is 5.75. The van der Waals surface area contributed by atoms with Crippen LogP contribution in [0.25, 0.3) is 0 Å². The predicted molar refractivity (Wildman–Crippen MR) is 102 cm³/mol. The van der Waals surface area contributed by atoms with E-state index in [2.05, 4.69) is 26.6 Å². The maximum absolute atomic E-state index is 11.9. The van der Waals surface area contributed by atoms with Crippen LogP contribution in [0.15, 0.2) is 53.0 Å². The molecule has 0 aliphatic rings. The van der Waals surface area contributed by atoms with Gasteiger partial charge in [0.1, 0.15) is 0 Å². The van der Waals surface area contributed by atoms with E-state index in [1.807, 2.05) is 6.07 Å². The highest BCUT2D eigenvalue weighted by molar-refractivity contribution is 9.10. The summed E-state index contributed by atoms with van der Waals surface area (Å²) in [6.07, 6.45) is -0.0400. The minimum atomic E-state index is -0.580. The minimum Gasteiger partial charge on any atom is -0.456 e. The number of hydrogen-bond donors (Lipinski definition) is 2. The molecule has 0 atom stereocenters. The number of carbonyl (C=O) groups is 3. The molecule has 26 heavy (non-hydrogen) atoms. The monoisotopic (exact) mass is 438 g/mol. The lowest BCUT2D eigenvalue weighted by molar-refractivity contribution is -0.147. The zero-order valence-corrected chi connectivity index (χ0v) is 16.0. The Morgan fingerprint density at radius 2 is 1.73 bits per heavy atom. The lowest BCUT2D eigenvalue weighted by atomic mass is 10.2. The molecule has 6 nitrogen and oxygen atoms in total. The standard InChI is InChI=1S/C18H16BrClN2O4/c19-14-3-1-2-4-15(14)22-16(23)11-26-17(24)9-10-21-18(25)12-5-7-13(20)8-6-12/h1-8H,9-11H2,(H,21,25)(H,22,23). The first-order valence-electron chi connectivity index (χ1n) is 7.69. The van der Waals surface area contributed by atoms with Crippen LogP contribution >= 0.6 is 27.5 Å². The largest absolute Gasteiger partial charge is 0.456 e. The van der Waals surface area contributed by atoms with Crippen LogP contribution in [-0.2, 0) is 14.3 Å². The van der Waals surface area contributed by atoms with Gasteiger partial charge < -0.3 is 15.4 Å². The van der Waals surface area contributed by atoms with Crippen LogP contribution in [0.3, 0.4) is 0 Å². The Morgan fingerprint density at radius 1 is 1.04 bits per heavy atom. The zero-order valence-electron chi connectivity index (χ0n) is 13.6. The van der Waals surface area contributed by atoms with E-state index in [1.54, 1.807) is 42.5 Å². The lowest BCUT2D eigenvalue weighted by Gasteiger charge is -2.08. The molecule has 0 aliphatic heterocycles. The highest BCUT2D eigenvalue weighted by Crippen LogP contribution is 2.20. The number of para-hydroxylation sites is 1. The van der Waals surface area contributed by atoms with Crippen molar-refractivity contribution < 1.29 is 19.1 Å². The fraction of sp³-hybridized carbons (Fsp3) is 0.167. The highest BCUT2D eigenvalue weighted by Gasteiger charge is 2.10. The van der Waals surface area contributed by atoms with Crippen LogP contribution in [0, 0.1) is 0 Å². The van der Waals surface area contributed by atoms with Gasteiger partial charge in [-0.3, -0.25) is 14.4 Å². The molecule has 0 unspecified atom stereocenters. The van der Waals surface area contributed by atoms with Crippen molar-refractivity contribution >= 4 is 51.0 Å². The molecule has 0 fully saturated rings. The number of halogens is 2. The van der Waals surface area contributed by atoms with E-state index in [-0.39, 0.29) is 18.9 Å². The molecule has 0 aromatic heterocycles. The number of ether oxygens (including phenoxy) is 1. The average Bonchev–Trinajstić information content (AvgIpc) is 2.62. The summed E-state index contributed by atoms with van der Waals surface area (Å²) >= 11 is 9.06. The smallest absolute Gasteiger partial charge is 0.308 e. The first kappa shape index (κ1) is 19.9. The summed E-state index contributed by atoms with van der Waals surface area (Å²) in [6, 6.07) is 13.5. The Bertz CT molecular complexity index is 796. The molecule has 2 aromatic rings. The molecule has 8 heteroatoms. The van der Waals surface area contributed by atoms with Crippen LogP contribution < -0.4 is 10.6 Å². The van der Waals surface area contributed by atoms with E-state index in [0.717, 1.165) is 4.47 Å². The Balaban J connectivity index is 1.67. The first-order chi connectivity index (χ1) is 12.5. The molecule has 0 spiro atoms. The Morgan fingerprint density at radius 3 is 2.42 bits per heavy atom. The van der Waals surface area contributed by atoms with E-state index < -0.39 is 18.5 Å². The molecule has 0 bridgehead atoms. The zero-order chi connectivity index (χ0) is 18.9. The van der Waals surface area contributed by atoms with Gasteiger partial charge in [-0.2, -0.15) is 0 Å². The molecule has 0 aliphatic carbocycles. The third kappa shape index (κ3) is 6.50. The number of amides is 2. The van der Waals surface area contributed by atoms with Crippen molar-refractivity contribution in [2.24, 2.45) is 0 Å². The maximum Gasteiger partial charge on any atom is 0.308 e. The fourth-order valence-electron chi connectivity index (χ4n) is 1.95. The van der Waals surface area contributed by atoms with Crippen molar-refractivity contribution in [3.05, 3.63) is 63.6 Å². The summed E-state index contributed by atoms with van der Waals surface area (Å²) in [4.78, 5) is 35.3. The molecule has 2 amide bonds. The third-order valence-electron chi connectivity index (χ3n) is 3.23. The van der Waals surface area contributed by atoms with Crippen LogP contribution in [0.2, 0.25) is 5.02 Å². The van der Waals surface area contributed by atoms with Gasteiger partial charge in [-0.05, 0) is 52.3 Å². The lowest BCUT2D eigenvalue weighted by Crippen LogP contribution is -2.27. The Kier molecular flexibility index (Phi) is 7.62. The van der Waals surface area contributed by atoms with Crippen LogP contribution in [0.5, 0.6) is 0 Å². The summed E-state index contributed by atoms with van der Waals surface area (Å²) in [5.74, 6) is -1.35. The number of carbonyl (C=O) groups excluding carboxylic acids is 3. The predicted octanol–water partition coefficient (Wildman–Crippen LogP) is 3.40. The molecule has 0 saturated carbocycles. The van der Waals surface area contributed by atoms with E-state index >= 15 is 0 Å². The molecule has 2 rings (SSSR count). The molecule has 136 valence electrons. The van der Waals surface area contributed by atoms with Gasteiger partial charge in [0, 0.05) is 21.6 Å². The maximum atomic E-state index is 11.9. The van der Waals surface area contributed by atoms with Gasteiger partial charge in [-0.25, -0.2) is 0 Å². The summed E-state index contributed by atoms with van der Waals surface area (Å²) < 4.78 is 5.61. The number of esters is 1. The van der Waals surface area contributed by atoms with Crippen LogP contribution in [0.1, 0.15) is 16.8 Å². The van der Waals surface area contributed by atoms with Crippen molar-refractivity contribution in [2.75, 3.05) is 18.5 Å². The second-order valence-electron chi connectivity index (χ2n) is 5.20. The van der Waals surface area contributed by atoms with E-state index in [9.17, 15) is 14.4 Å². The summed E-state index contributed by atoms with van der Waals surface area (Å²) in [6.45, 7) is -0.294. The summed E-state index contributed by atoms with van der Waals surface area (Å²) in [7, 11) is 0. The average molecular weight is 440 g/mol. The second kappa shape index (κ2) is 9.94. The van der Waals surface area contributed by atoms with E-state index in [4.69, 9.17) is 16.3 Å². The number of benzene rings is 2. The third-order valence-corrected chi connectivity index (χ3v) is 4.18. The van der Waals surface area contributed by atoms with Crippen LogP contribution in [-0.4, -0.2) is 30.9 Å². The van der Waals surface area contributed by atoms with Gasteiger partial charge >= 0.3 is 5.97 Å². The number of anilines is 1. The number of nitrogens with one attached hydrogen (secondary N) is 2. The Labute approximate surface area is 164 Å². The first-order valence-corrected chi connectivity index (χ1v) is 8.86. The SMILES string of the molecule is O=C(COC(=O)CCNC(=O)c1ccc(Cl)cc1)Nc1ccccc1Br. The molecule has 2 aromatic carbocycles. The van der Waals surface area contributed by atoms with Gasteiger partial charge in [0.25, 0.3) is 11.8 Å². The van der Waals surface area contributed by atoms with Crippen molar-refractivity contribution in [1.82, 2.24) is 5.32 Å². The van der Waals surface area contributed by atoms with Gasteiger partial charge in [0.05, 0.1) is 12.1 Å². The van der Waals surface area contributed by atoms with Gasteiger partial charge in [-0.1, -0.05) is 23.7 Å². The highest BCUT2D eigenvalue weighted by atomic mass is 79.9. The molecule has 0 heterocycles. The van der Waals surface area contributed by atoms with Gasteiger partial charge in [0.15, 0.2) is 6.61 Å². The normalized spacial score (nSPS) is 10.1. The molecule has 2 N–H and O–H groups in total. The van der Waals surface area contributed by atoms with E-state index in [1.165, 1.54) is 0 Å². The number of hydrogen-bond acceptors (Lipinski definition) is 4. The van der Waals surface area contributed by atoms with Crippen molar-refractivity contribution in [2.45, 2.75) is 6.42 Å². The minimum absolute atomic E-state index is 0.0400. The van der Waals surface area contributed by atoms with Crippen molar-refractivity contribution in [3.8, 4) is 0 Å². The van der Waals surface area contributed by atoms with Gasteiger partial charge in [0.2, 0.25) is 0 Å². The van der Waals surface area contributed by atoms with Crippen molar-refractivity contribution in [3.63, 3.8) is 0 Å². The quantitative estimate of drug-likeness (QED) is 0.648. The fourth-order valence-corrected chi connectivity index (χ4v) is 2.46. The van der Waals surface area contributed by atoms with Crippen LogP contribution in [0.4, 0.5) is 5.69 Å². The molecular weight excluding hydrogens is 424 g/mol. The molecular formula is C18H16BrClN2O4. The summed E-state index contributed by atoms with van der Waals surface area (Å²) in [5.41, 5.74) is 1.03. The van der Waals surface area contributed by atoms with E-state index in [0.29, 0.717) is 16.3 Å². The Hall–Kier alpha value is -2.38.